The van der Waals surface area contributed by atoms with E-state index in [9.17, 15) is 9.90 Å². The average molecular weight is 451 g/mol. The third kappa shape index (κ3) is 4.11. The van der Waals surface area contributed by atoms with Crippen LogP contribution in [0.25, 0.3) is 10.8 Å². The zero-order chi connectivity index (χ0) is 24.0. The Labute approximate surface area is 193 Å². The molecule has 8 heteroatoms. The summed E-state index contributed by atoms with van der Waals surface area (Å²) in [4.78, 5) is 26.0. The van der Waals surface area contributed by atoms with E-state index in [1.165, 1.54) is 0 Å². The normalized spacial score (nSPS) is 18.9. The molecule has 0 spiro atoms. The molecule has 4 heterocycles. The quantitative estimate of drug-likeness (QED) is 0.514. The topological polar surface area (TPSA) is 106 Å². The van der Waals surface area contributed by atoms with Gasteiger partial charge in [-0.1, -0.05) is 13.8 Å². The number of rotatable bonds is 6. The highest BCUT2D eigenvalue weighted by molar-refractivity contribution is 5.93. The zero-order valence-corrected chi connectivity index (χ0v) is 19.9. The maximum absolute atomic E-state index is 12.4. The van der Waals surface area contributed by atoms with Gasteiger partial charge in [-0.3, -0.25) is 0 Å². The van der Waals surface area contributed by atoms with Crippen molar-refractivity contribution in [2.75, 3.05) is 11.9 Å². The van der Waals surface area contributed by atoms with Crippen molar-refractivity contribution in [1.29, 1.82) is 0 Å². The number of aliphatic hydroxyl groups is 1. The highest BCUT2D eigenvalue weighted by Gasteiger charge is 2.40. The lowest BCUT2D eigenvalue weighted by atomic mass is 9.84. The standard InChI is InChI=1S/C25H30N4O4/c1-7-25(6,31)18-13-27-22(32-8-2)17-12-26-20(11-16(17)18)28-19-10-9-15-21(29-19)14(3)24(4,5)33-23(15)30/h9-14,31H,7-8H2,1-6H3,(H,26,28,29)/t14-,25-/m1/s1. The second-order valence-electron chi connectivity index (χ2n) is 9.12. The second-order valence-corrected chi connectivity index (χ2v) is 9.12. The molecule has 0 unspecified atom stereocenters. The first-order valence-corrected chi connectivity index (χ1v) is 11.2. The number of fused-ring (bicyclic) bond motifs is 2. The summed E-state index contributed by atoms with van der Waals surface area (Å²) < 4.78 is 11.2. The summed E-state index contributed by atoms with van der Waals surface area (Å²) in [6.45, 7) is 11.8. The van der Waals surface area contributed by atoms with Gasteiger partial charge in [0.25, 0.3) is 0 Å². The Bertz CT molecular complexity index is 1220. The molecule has 174 valence electrons. The molecule has 3 aromatic heterocycles. The smallest absolute Gasteiger partial charge is 0.340 e. The summed E-state index contributed by atoms with van der Waals surface area (Å²) >= 11 is 0. The van der Waals surface area contributed by atoms with Crippen LogP contribution in [0.1, 0.15) is 75.5 Å². The van der Waals surface area contributed by atoms with Crippen molar-refractivity contribution >= 4 is 28.4 Å². The SMILES string of the molecule is CCOc1ncc([C@](C)(O)CC)c2cc(Nc3ccc4c(n3)[C@@H](C)C(C)(C)OC4=O)ncc12. The van der Waals surface area contributed by atoms with Crippen LogP contribution < -0.4 is 10.1 Å². The minimum absolute atomic E-state index is 0.0670. The van der Waals surface area contributed by atoms with Crippen molar-refractivity contribution in [3.05, 3.63) is 47.4 Å². The Morgan fingerprint density at radius 2 is 1.94 bits per heavy atom. The van der Waals surface area contributed by atoms with Gasteiger partial charge in [-0.05, 0) is 57.7 Å². The molecule has 0 aliphatic carbocycles. The van der Waals surface area contributed by atoms with Crippen molar-refractivity contribution < 1.29 is 19.4 Å². The Kier molecular flexibility index (Phi) is 5.74. The number of nitrogens with zero attached hydrogens (tertiary/aromatic N) is 3. The molecule has 2 atom stereocenters. The van der Waals surface area contributed by atoms with E-state index in [1.807, 2.05) is 40.7 Å². The fourth-order valence-corrected chi connectivity index (χ4v) is 3.94. The van der Waals surface area contributed by atoms with Crippen LogP contribution in [0.4, 0.5) is 11.6 Å². The predicted octanol–water partition coefficient (Wildman–Crippen LogP) is 4.84. The van der Waals surface area contributed by atoms with Crippen LogP contribution in [0.3, 0.4) is 0 Å². The van der Waals surface area contributed by atoms with Gasteiger partial charge in [-0.15, -0.1) is 0 Å². The average Bonchev–Trinajstić information content (AvgIpc) is 2.77. The Balaban J connectivity index is 1.77. The summed E-state index contributed by atoms with van der Waals surface area (Å²) in [5, 5.41) is 15.7. The van der Waals surface area contributed by atoms with E-state index in [-0.39, 0.29) is 11.9 Å². The first kappa shape index (κ1) is 22.9. The number of ether oxygens (including phenoxy) is 2. The predicted molar refractivity (Wildman–Crippen MR) is 126 cm³/mol. The molecule has 0 amide bonds. The fourth-order valence-electron chi connectivity index (χ4n) is 3.94. The molecule has 1 aliphatic rings. The van der Waals surface area contributed by atoms with Crippen LogP contribution in [0, 0.1) is 0 Å². The maximum atomic E-state index is 12.4. The molecule has 0 aromatic carbocycles. The molecule has 8 nitrogen and oxygen atoms in total. The lowest BCUT2D eigenvalue weighted by Crippen LogP contribution is -2.39. The third-order valence-electron chi connectivity index (χ3n) is 6.49. The van der Waals surface area contributed by atoms with Gasteiger partial charge >= 0.3 is 5.97 Å². The van der Waals surface area contributed by atoms with Crippen molar-refractivity contribution in [2.24, 2.45) is 0 Å². The van der Waals surface area contributed by atoms with E-state index in [4.69, 9.17) is 14.5 Å². The van der Waals surface area contributed by atoms with E-state index < -0.39 is 11.2 Å². The van der Waals surface area contributed by atoms with Gasteiger partial charge in [0.15, 0.2) is 0 Å². The second kappa shape index (κ2) is 8.26. The molecule has 0 bridgehead atoms. The number of carbonyl (C=O) groups excluding carboxylic acids is 1. The molecule has 1 aliphatic heterocycles. The number of anilines is 2. The zero-order valence-electron chi connectivity index (χ0n) is 19.9. The van der Waals surface area contributed by atoms with Gasteiger partial charge in [0, 0.05) is 23.9 Å². The monoisotopic (exact) mass is 450 g/mol. The van der Waals surface area contributed by atoms with Crippen LogP contribution in [0.2, 0.25) is 0 Å². The van der Waals surface area contributed by atoms with E-state index in [1.54, 1.807) is 31.5 Å². The molecule has 0 saturated carbocycles. The number of nitrogens with one attached hydrogen (secondary N) is 1. The summed E-state index contributed by atoms with van der Waals surface area (Å²) in [6.07, 6.45) is 3.87. The summed E-state index contributed by atoms with van der Waals surface area (Å²) in [5.41, 5.74) is 0.178. The highest BCUT2D eigenvalue weighted by Crippen LogP contribution is 2.38. The number of aromatic nitrogens is 3. The minimum atomic E-state index is -1.06. The molecular formula is C25H30N4O4. The van der Waals surface area contributed by atoms with Gasteiger partial charge in [-0.25, -0.2) is 19.7 Å². The van der Waals surface area contributed by atoms with Crippen molar-refractivity contribution in [3.8, 4) is 5.88 Å². The molecule has 4 rings (SSSR count). The highest BCUT2D eigenvalue weighted by atomic mass is 16.6. The summed E-state index contributed by atoms with van der Waals surface area (Å²) in [5.74, 6) is 1.17. The number of esters is 1. The van der Waals surface area contributed by atoms with Gasteiger partial charge in [0.1, 0.15) is 17.2 Å². The maximum Gasteiger partial charge on any atom is 0.340 e. The number of carbonyl (C=O) groups is 1. The largest absolute Gasteiger partial charge is 0.477 e. The molecule has 0 fully saturated rings. The van der Waals surface area contributed by atoms with E-state index in [0.717, 1.165) is 10.8 Å². The van der Waals surface area contributed by atoms with E-state index >= 15 is 0 Å². The molecule has 3 aromatic rings. The first-order chi connectivity index (χ1) is 15.6. The van der Waals surface area contributed by atoms with E-state index in [2.05, 4.69) is 15.3 Å². The number of cyclic esters (lactones) is 1. The Morgan fingerprint density at radius 1 is 1.18 bits per heavy atom. The Hall–Kier alpha value is -3.26. The van der Waals surface area contributed by atoms with Crippen molar-refractivity contribution in [1.82, 2.24) is 15.0 Å². The number of hydrogen-bond donors (Lipinski definition) is 2. The lowest BCUT2D eigenvalue weighted by molar-refractivity contribution is -0.0189. The number of hydrogen-bond acceptors (Lipinski definition) is 8. The Morgan fingerprint density at radius 3 is 2.64 bits per heavy atom. The number of pyridine rings is 3. The van der Waals surface area contributed by atoms with Crippen molar-refractivity contribution in [3.63, 3.8) is 0 Å². The van der Waals surface area contributed by atoms with Gasteiger partial charge < -0.3 is 19.9 Å². The van der Waals surface area contributed by atoms with Gasteiger partial charge in [0.2, 0.25) is 5.88 Å². The first-order valence-electron chi connectivity index (χ1n) is 11.2. The molecular weight excluding hydrogens is 420 g/mol. The molecule has 33 heavy (non-hydrogen) atoms. The van der Waals surface area contributed by atoms with Gasteiger partial charge in [-0.2, -0.15) is 0 Å². The lowest BCUT2D eigenvalue weighted by Gasteiger charge is -2.36. The molecule has 0 saturated heterocycles. The summed E-state index contributed by atoms with van der Waals surface area (Å²) in [6, 6.07) is 5.32. The van der Waals surface area contributed by atoms with Crippen LogP contribution >= 0.6 is 0 Å². The van der Waals surface area contributed by atoms with Gasteiger partial charge in [0.05, 0.1) is 28.9 Å². The molecule has 0 radical (unpaired) electrons. The van der Waals surface area contributed by atoms with Crippen LogP contribution in [-0.2, 0) is 10.3 Å². The molecule has 2 N–H and O–H groups in total. The van der Waals surface area contributed by atoms with Crippen LogP contribution in [0.15, 0.2) is 30.6 Å². The fraction of sp³-hybridized carbons (Fsp3) is 0.440. The van der Waals surface area contributed by atoms with Crippen molar-refractivity contribution in [2.45, 2.75) is 65.1 Å². The summed E-state index contributed by atoms with van der Waals surface area (Å²) in [7, 11) is 0. The van der Waals surface area contributed by atoms with Crippen LogP contribution in [-0.4, -0.2) is 38.2 Å². The van der Waals surface area contributed by atoms with E-state index in [0.29, 0.717) is 47.4 Å². The van der Waals surface area contributed by atoms with Crippen LogP contribution in [0.5, 0.6) is 5.88 Å². The minimum Gasteiger partial charge on any atom is -0.477 e. The third-order valence-corrected chi connectivity index (χ3v) is 6.49.